The maximum absolute atomic E-state index is 12.5. The average molecular weight is 466 g/mol. The largest absolute Gasteiger partial charge is 0.441 e. The van der Waals surface area contributed by atoms with Gasteiger partial charge in [-0.15, -0.1) is 24.8 Å². The van der Waals surface area contributed by atoms with E-state index in [1.165, 1.54) is 44.9 Å². The first-order chi connectivity index (χ1) is 13.7. The number of halogens is 2. The molecule has 4 aliphatic rings. The Hall–Kier alpha value is -0.270. The molecule has 176 valence electrons. The summed E-state index contributed by atoms with van der Waals surface area (Å²) in [6.07, 6.45) is 12.4. The number of carbonyl (C=O) groups excluding carboxylic acids is 1. The van der Waals surface area contributed by atoms with E-state index in [2.05, 4.69) is 22.2 Å². The van der Waals surface area contributed by atoms with Gasteiger partial charge in [-0.3, -0.25) is 4.90 Å². The third-order valence-electron chi connectivity index (χ3n) is 7.67. The fourth-order valence-electron chi connectivity index (χ4n) is 5.78. The number of amides is 1. The van der Waals surface area contributed by atoms with E-state index in [1.807, 2.05) is 4.90 Å². The van der Waals surface area contributed by atoms with Crippen molar-refractivity contribution < 1.29 is 9.53 Å². The summed E-state index contributed by atoms with van der Waals surface area (Å²) >= 11 is 0. The molecule has 1 N–H and O–H groups in total. The molecule has 0 aromatic heterocycles. The summed E-state index contributed by atoms with van der Waals surface area (Å²) in [6, 6.07) is 1.43. The number of carbonyl (C=O) groups is 1. The fourth-order valence-corrected chi connectivity index (χ4v) is 5.78. The number of nitrogens with zero attached hydrogens (tertiary/aromatic N) is 3. The number of piperidine rings is 2. The molecule has 1 unspecified atom stereocenters. The Morgan fingerprint density at radius 1 is 1.10 bits per heavy atom. The number of hydrogen-bond acceptors (Lipinski definition) is 5. The van der Waals surface area contributed by atoms with Gasteiger partial charge in [0.15, 0.2) is 0 Å². The molecule has 3 aliphatic heterocycles. The lowest BCUT2D eigenvalue weighted by Crippen LogP contribution is -2.53. The maximum Gasteiger partial charge on any atom is 0.410 e. The minimum absolute atomic E-state index is 0. The van der Waals surface area contributed by atoms with E-state index >= 15 is 0 Å². The highest BCUT2D eigenvalue weighted by Gasteiger charge is 2.47. The van der Waals surface area contributed by atoms with Crippen LogP contribution in [0.1, 0.15) is 64.2 Å². The van der Waals surface area contributed by atoms with Crippen LogP contribution in [0.5, 0.6) is 0 Å². The van der Waals surface area contributed by atoms with Crippen molar-refractivity contribution in [3.05, 3.63) is 0 Å². The number of rotatable bonds is 6. The van der Waals surface area contributed by atoms with E-state index in [1.54, 1.807) is 0 Å². The average Bonchev–Trinajstić information content (AvgIpc) is 3.04. The molecule has 1 amide bonds. The molecule has 1 spiro atoms. The van der Waals surface area contributed by atoms with Crippen molar-refractivity contribution in [2.45, 2.75) is 81.9 Å². The zero-order valence-corrected chi connectivity index (χ0v) is 20.3. The van der Waals surface area contributed by atoms with E-state index in [0.29, 0.717) is 6.04 Å². The fraction of sp³-hybridized carbons (Fsp3) is 0.955. The van der Waals surface area contributed by atoms with Crippen LogP contribution in [0.25, 0.3) is 0 Å². The van der Waals surface area contributed by atoms with Gasteiger partial charge in [-0.1, -0.05) is 19.3 Å². The van der Waals surface area contributed by atoms with Crippen LogP contribution in [-0.4, -0.2) is 91.3 Å². The number of likely N-dealkylation sites (tertiary alicyclic amines) is 1. The summed E-state index contributed by atoms with van der Waals surface area (Å²) < 4.78 is 5.94. The standard InChI is InChI=1S/C22H40N4O2.2ClH/c1-24(19-7-3-2-4-8-19)13-6-14-26-18-22(28-21(26)27)10-15-25(16-11-22)20-9-5-12-23-17-20;;/h19-20,23H,2-18H2,1H3;2*1H. The lowest BCUT2D eigenvalue weighted by molar-refractivity contribution is -0.0127. The third kappa shape index (κ3) is 6.38. The molecule has 8 heteroatoms. The normalized spacial score (nSPS) is 27.6. The van der Waals surface area contributed by atoms with E-state index in [0.717, 1.165) is 71.1 Å². The Kier molecular flexibility index (Phi) is 10.5. The van der Waals surface area contributed by atoms with Crippen LogP contribution in [0.3, 0.4) is 0 Å². The maximum atomic E-state index is 12.5. The monoisotopic (exact) mass is 464 g/mol. The van der Waals surface area contributed by atoms with Crippen LogP contribution in [0, 0.1) is 0 Å². The molecule has 0 radical (unpaired) electrons. The van der Waals surface area contributed by atoms with Crippen LogP contribution >= 0.6 is 24.8 Å². The van der Waals surface area contributed by atoms with Crippen LogP contribution in [0.15, 0.2) is 0 Å². The summed E-state index contributed by atoms with van der Waals surface area (Å²) in [5, 5.41) is 3.52. The quantitative estimate of drug-likeness (QED) is 0.651. The Balaban J connectivity index is 0.00000160. The zero-order valence-electron chi connectivity index (χ0n) is 18.7. The minimum Gasteiger partial charge on any atom is -0.441 e. The second-order valence-corrected chi connectivity index (χ2v) is 9.63. The molecule has 0 bridgehead atoms. The van der Waals surface area contributed by atoms with Crippen molar-refractivity contribution in [2.24, 2.45) is 0 Å². The van der Waals surface area contributed by atoms with Crippen LogP contribution in [0.4, 0.5) is 4.79 Å². The van der Waals surface area contributed by atoms with E-state index in [9.17, 15) is 4.79 Å². The molecular formula is C22H42Cl2N4O2. The highest BCUT2D eigenvalue weighted by atomic mass is 35.5. The number of ether oxygens (including phenoxy) is 1. The van der Waals surface area contributed by atoms with Gasteiger partial charge >= 0.3 is 6.09 Å². The van der Waals surface area contributed by atoms with Gasteiger partial charge in [-0.2, -0.15) is 0 Å². The van der Waals surface area contributed by atoms with E-state index in [4.69, 9.17) is 4.74 Å². The van der Waals surface area contributed by atoms with Gasteiger partial charge in [0.1, 0.15) is 5.60 Å². The summed E-state index contributed by atoms with van der Waals surface area (Å²) in [5.41, 5.74) is -0.217. The second kappa shape index (κ2) is 12.1. The second-order valence-electron chi connectivity index (χ2n) is 9.63. The molecule has 1 aliphatic carbocycles. The lowest BCUT2D eigenvalue weighted by atomic mass is 9.89. The SMILES string of the molecule is CN(CCCN1CC2(CCN(C3CCCNC3)CC2)OC1=O)C1CCCCC1.Cl.Cl. The van der Waals surface area contributed by atoms with E-state index < -0.39 is 0 Å². The van der Waals surface area contributed by atoms with Crippen molar-refractivity contribution in [2.75, 3.05) is 52.9 Å². The smallest absolute Gasteiger partial charge is 0.410 e. The molecule has 3 heterocycles. The Bertz CT molecular complexity index is 519. The summed E-state index contributed by atoms with van der Waals surface area (Å²) in [6.45, 7) is 7.15. The summed E-state index contributed by atoms with van der Waals surface area (Å²) in [4.78, 5) is 19.6. The first-order valence-corrected chi connectivity index (χ1v) is 11.8. The van der Waals surface area contributed by atoms with Gasteiger partial charge in [0.05, 0.1) is 6.54 Å². The summed E-state index contributed by atoms with van der Waals surface area (Å²) in [5.74, 6) is 0. The number of nitrogens with one attached hydrogen (secondary N) is 1. The van der Waals surface area contributed by atoms with Crippen LogP contribution in [-0.2, 0) is 4.74 Å². The summed E-state index contributed by atoms with van der Waals surface area (Å²) in [7, 11) is 2.26. The van der Waals surface area contributed by atoms with Gasteiger partial charge in [-0.05, 0) is 52.2 Å². The predicted octanol–water partition coefficient (Wildman–Crippen LogP) is 3.52. The van der Waals surface area contributed by atoms with Gasteiger partial charge in [-0.25, -0.2) is 4.79 Å². The first-order valence-electron chi connectivity index (χ1n) is 11.8. The first kappa shape index (κ1) is 26.0. The third-order valence-corrected chi connectivity index (χ3v) is 7.67. The molecule has 3 saturated heterocycles. The van der Waals surface area contributed by atoms with Crippen molar-refractivity contribution in [1.82, 2.24) is 20.0 Å². The molecule has 0 aromatic rings. The zero-order chi connectivity index (χ0) is 19.4. The van der Waals surface area contributed by atoms with Crippen molar-refractivity contribution in [3.63, 3.8) is 0 Å². The molecule has 4 fully saturated rings. The van der Waals surface area contributed by atoms with Crippen LogP contribution < -0.4 is 5.32 Å². The molecule has 30 heavy (non-hydrogen) atoms. The van der Waals surface area contributed by atoms with Gasteiger partial charge < -0.3 is 19.9 Å². The van der Waals surface area contributed by atoms with Crippen molar-refractivity contribution in [3.8, 4) is 0 Å². The number of hydrogen-bond donors (Lipinski definition) is 1. The Morgan fingerprint density at radius 3 is 2.50 bits per heavy atom. The van der Waals surface area contributed by atoms with Crippen molar-refractivity contribution >= 4 is 30.9 Å². The molecule has 4 rings (SSSR count). The minimum atomic E-state index is -0.217. The highest BCUT2D eigenvalue weighted by Crippen LogP contribution is 2.34. The van der Waals surface area contributed by atoms with Crippen molar-refractivity contribution in [1.29, 1.82) is 0 Å². The molecule has 6 nitrogen and oxygen atoms in total. The Labute approximate surface area is 195 Å². The lowest BCUT2D eigenvalue weighted by Gasteiger charge is -2.42. The van der Waals surface area contributed by atoms with Gasteiger partial charge in [0, 0.05) is 51.1 Å². The topological polar surface area (TPSA) is 48.0 Å². The van der Waals surface area contributed by atoms with Gasteiger partial charge in [0.2, 0.25) is 0 Å². The highest BCUT2D eigenvalue weighted by molar-refractivity contribution is 5.85. The molecule has 0 aromatic carbocycles. The van der Waals surface area contributed by atoms with E-state index in [-0.39, 0.29) is 36.5 Å². The van der Waals surface area contributed by atoms with Crippen LogP contribution in [0.2, 0.25) is 0 Å². The predicted molar refractivity (Wildman–Crippen MR) is 126 cm³/mol. The molecule has 1 saturated carbocycles. The Morgan fingerprint density at radius 2 is 1.83 bits per heavy atom. The molecule has 1 atom stereocenters. The van der Waals surface area contributed by atoms with Gasteiger partial charge in [0.25, 0.3) is 0 Å². The molecular weight excluding hydrogens is 423 g/mol.